The Kier molecular flexibility index (Phi) is 5.08. The van der Waals surface area contributed by atoms with Crippen molar-refractivity contribution in [3.63, 3.8) is 0 Å². The van der Waals surface area contributed by atoms with Crippen LogP contribution in [0.5, 0.6) is 0 Å². The van der Waals surface area contributed by atoms with Crippen LogP contribution in [0.4, 0.5) is 0 Å². The summed E-state index contributed by atoms with van der Waals surface area (Å²) in [7, 11) is 0. The lowest BCUT2D eigenvalue weighted by atomic mass is 10.1. The van der Waals surface area contributed by atoms with Crippen molar-refractivity contribution in [2.45, 2.75) is 51.6 Å². The van der Waals surface area contributed by atoms with E-state index in [0.29, 0.717) is 11.7 Å². The van der Waals surface area contributed by atoms with Crippen LogP contribution in [-0.4, -0.2) is 34.2 Å². The van der Waals surface area contributed by atoms with Crippen LogP contribution in [0.15, 0.2) is 28.8 Å². The van der Waals surface area contributed by atoms with Gasteiger partial charge in [0.05, 0.1) is 5.92 Å². The van der Waals surface area contributed by atoms with Crippen molar-refractivity contribution in [3.05, 3.63) is 35.7 Å². The minimum Gasteiger partial charge on any atom is -0.339 e. The Labute approximate surface area is 137 Å². The molecule has 0 aliphatic carbocycles. The third kappa shape index (κ3) is 3.98. The van der Waals surface area contributed by atoms with E-state index in [0.717, 1.165) is 12.1 Å². The van der Waals surface area contributed by atoms with Gasteiger partial charge in [0.25, 0.3) is 0 Å². The molecule has 1 aromatic carbocycles. The summed E-state index contributed by atoms with van der Waals surface area (Å²) in [4.78, 5) is 7.03. The zero-order valence-corrected chi connectivity index (χ0v) is 14.0. The first-order chi connectivity index (χ1) is 11.1. The molecule has 5 nitrogen and oxygen atoms in total. The van der Waals surface area contributed by atoms with Gasteiger partial charge in [0.15, 0.2) is 0 Å². The highest BCUT2D eigenvalue weighted by Gasteiger charge is 2.19. The molecule has 2 N–H and O–H groups in total. The molecule has 1 aliphatic heterocycles. The summed E-state index contributed by atoms with van der Waals surface area (Å²) < 4.78 is 5.38. The molecule has 2 aromatic rings. The van der Waals surface area contributed by atoms with E-state index in [4.69, 9.17) is 10.3 Å². The number of nitrogens with zero attached hydrogens (tertiary/aromatic N) is 3. The van der Waals surface area contributed by atoms with Gasteiger partial charge in [-0.15, -0.1) is 0 Å². The van der Waals surface area contributed by atoms with Crippen LogP contribution in [0.2, 0.25) is 0 Å². The van der Waals surface area contributed by atoms with Crippen LogP contribution in [0.3, 0.4) is 0 Å². The van der Waals surface area contributed by atoms with E-state index in [1.807, 2.05) is 19.9 Å². The first kappa shape index (κ1) is 16.1. The Bertz CT molecular complexity index is 631. The molecule has 0 amide bonds. The van der Waals surface area contributed by atoms with Gasteiger partial charge < -0.3 is 10.3 Å². The first-order valence-electron chi connectivity index (χ1n) is 8.54. The second-order valence-electron chi connectivity index (χ2n) is 6.64. The fourth-order valence-electron chi connectivity index (χ4n) is 2.95. The minimum absolute atomic E-state index is 0.00580. The zero-order chi connectivity index (χ0) is 16.2. The van der Waals surface area contributed by atoms with Crippen LogP contribution in [-0.2, 0) is 6.54 Å². The van der Waals surface area contributed by atoms with Gasteiger partial charge >= 0.3 is 0 Å². The van der Waals surface area contributed by atoms with E-state index in [1.54, 1.807) is 0 Å². The number of piperidine rings is 1. The molecule has 1 aliphatic rings. The van der Waals surface area contributed by atoms with Gasteiger partial charge in [-0.25, -0.2) is 0 Å². The Morgan fingerprint density at radius 3 is 2.74 bits per heavy atom. The molecular formula is C18H26N4O. The van der Waals surface area contributed by atoms with Gasteiger partial charge in [-0.3, -0.25) is 4.90 Å². The topological polar surface area (TPSA) is 68.2 Å². The summed E-state index contributed by atoms with van der Waals surface area (Å²) in [5, 5.41) is 4.12. The molecular weight excluding hydrogens is 288 g/mol. The zero-order valence-electron chi connectivity index (χ0n) is 14.0. The highest BCUT2D eigenvalue weighted by molar-refractivity contribution is 5.55. The van der Waals surface area contributed by atoms with E-state index in [9.17, 15) is 0 Å². The van der Waals surface area contributed by atoms with E-state index in [-0.39, 0.29) is 12.0 Å². The van der Waals surface area contributed by atoms with Crippen molar-refractivity contribution < 1.29 is 4.52 Å². The maximum absolute atomic E-state index is 5.91. The molecule has 1 fully saturated rings. The summed E-state index contributed by atoms with van der Waals surface area (Å²) in [5.41, 5.74) is 8.22. The molecule has 0 bridgehead atoms. The molecule has 124 valence electrons. The molecule has 0 radical (unpaired) electrons. The predicted molar refractivity (Wildman–Crippen MR) is 90.9 cm³/mol. The lowest BCUT2D eigenvalue weighted by Gasteiger charge is -2.26. The summed E-state index contributed by atoms with van der Waals surface area (Å²) in [6, 6.07) is 8.43. The number of likely N-dealkylation sites (tertiary alicyclic amines) is 1. The molecule has 3 rings (SSSR count). The Morgan fingerprint density at radius 2 is 2.00 bits per heavy atom. The van der Waals surface area contributed by atoms with Crippen molar-refractivity contribution in [2.75, 3.05) is 13.1 Å². The van der Waals surface area contributed by atoms with Crippen molar-refractivity contribution >= 4 is 0 Å². The maximum Gasteiger partial charge on any atom is 0.231 e. The standard InChI is InChI=1S/C18H26N4O/c1-13(14(2)19)18-20-17(21-23-18)16-8-6-7-15(11-16)12-22-9-4-3-5-10-22/h6-8,11,13-14H,3-5,9-10,12,19H2,1-2H3. The molecule has 0 saturated carbocycles. The highest BCUT2D eigenvalue weighted by atomic mass is 16.5. The van der Waals surface area contributed by atoms with Gasteiger partial charge in [0, 0.05) is 18.2 Å². The van der Waals surface area contributed by atoms with Gasteiger partial charge in [-0.05, 0) is 44.5 Å². The molecule has 0 spiro atoms. The van der Waals surface area contributed by atoms with E-state index in [2.05, 4.69) is 33.2 Å². The smallest absolute Gasteiger partial charge is 0.231 e. The number of aromatic nitrogens is 2. The van der Waals surface area contributed by atoms with Crippen LogP contribution < -0.4 is 5.73 Å². The minimum atomic E-state index is -0.00580. The number of nitrogens with two attached hydrogens (primary N) is 1. The second kappa shape index (κ2) is 7.23. The first-order valence-corrected chi connectivity index (χ1v) is 8.54. The Morgan fingerprint density at radius 1 is 1.22 bits per heavy atom. The quantitative estimate of drug-likeness (QED) is 0.918. The molecule has 2 unspecified atom stereocenters. The van der Waals surface area contributed by atoms with Crippen molar-refractivity contribution in [1.29, 1.82) is 0 Å². The van der Waals surface area contributed by atoms with Crippen molar-refractivity contribution in [1.82, 2.24) is 15.0 Å². The van der Waals surface area contributed by atoms with Crippen LogP contribution >= 0.6 is 0 Å². The summed E-state index contributed by atoms with van der Waals surface area (Å²) >= 11 is 0. The Balaban J connectivity index is 1.74. The summed E-state index contributed by atoms with van der Waals surface area (Å²) in [5.74, 6) is 1.32. The molecule has 1 aromatic heterocycles. The largest absolute Gasteiger partial charge is 0.339 e. The van der Waals surface area contributed by atoms with Crippen LogP contribution in [0.1, 0.15) is 50.5 Å². The van der Waals surface area contributed by atoms with Gasteiger partial charge in [0.2, 0.25) is 11.7 Å². The van der Waals surface area contributed by atoms with E-state index >= 15 is 0 Å². The molecule has 2 atom stereocenters. The number of rotatable bonds is 5. The van der Waals surface area contributed by atoms with Crippen molar-refractivity contribution in [3.8, 4) is 11.4 Å². The molecule has 2 heterocycles. The fraction of sp³-hybridized carbons (Fsp3) is 0.556. The van der Waals surface area contributed by atoms with Crippen LogP contribution in [0.25, 0.3) is 11.4 Å². The molecule has 5 heteroatoms. The Hall–Kier alpha value is -1.72. The lowest BCUT2D eigenvalue weighted by Crippen LogP contribution is -2.29. The predicted octanol–water partition coefficient (Wildman–Crippen LogP) is 3.17. The summed E-state index contributed by atoms with van der Waals surface area (Å²) in [6.45, 7) is 7.35. The molecule has 23 heavy (non-hydrogen) atoms. The summed E-state index contributed by atoms with van der Waals surface area (Å²) in [6.07, 6.45) is 3.98. The molecule has 1 saturated heterocycles. The van der Waals surface area contributed by atoms with Gasteiger partial charge in [-0.1, -0.05) is 36.7 Å². The van der Waals surface area contributed by atoms with E-state index < -0.39 is 0 Å². The third-order valence-electron chi connectivity index (χ3n) is 4.66. The fourth-order valence-corrected chi connectivity index (χ4v) is 2.95. The number of hydrogen-bond acceptors (Lipinski definition) is 5. The average molecular weight is 314 g/mol. The van der Waals surface area contributed by atoms with E-state index in [1.165, 1.54) is 37.9 Å². The second-order valence-corrected chi connectivity index (χ2v) is 6.64. The van der Waals surface area contributed by atoms with Gasteiger partial charge in [-0.2, -0.15) is 4.98 Å². The highest BCUT2D eigenvalue weighted by Crippen LogP contribution is 2.23. The SMILES string of the molecule is CC(N)C(C)c1nc(-c2cccc(CN3CCCCC3)c2)no1. The monoisotopic (exact) mass is 314 g/mol. The normalized spacial score (nSPS) is 18.7. The lowest BCUT2D eigenvalue weighted by molar-refractivity contribution is 0.221. The van der Waals surface area contributed by atoms with Gasteiger partial charge in [0.1, 0.15) is 0 Å². The number of benzene rings is 1. The number of hydrogen-bond donors (Lipinski definition) is 1. The van der Waals surface area contributed by atoms with Crippen molar-refractivity contribution in [2.24, 2.45) is 5.73 Å². The average Bonchev–Trinajstić information content (AvgIpc) is 3.05. The van der Waals surface area contributed by atoms with Crippen LogP contribution in [0, 0.1) is 0 Å². The maximum atomic E-state index is 5.91. The third-order valence-corrected chi connectivity index (χ3v) is 4.66.